The Morgan fingerprint density at radius 1 is 0.765 bits per heavy atom. The first-order valence-corrected chi connectivity index (χ1v) is 3.11. The monoisotopic (exact) mass is 278 g/mol. The fourth-order valence-electron chi connectivity index (χ4n) is 0.200. The fourth-order valence-corrected chi connectivity index (χ4v) is 0.200. The molecule has 17 heavy (non-hydrogen) atoms. The normalized spacial score (nSPS) is 11.1. The van der Waals surface area contributed by atoms with Gasteiger partial charge >= 0.3 is 31.8 Å². The van der Waals surface area contributed by atoms with Crippen molar-refractivity contribution in [2.24, 2.45) is 0 Å². The molecule has 0 saturated heterocycles. The van der Waals surface area contributed by atoms with Crippen molar-refractivity contribution < 1.29 is 53.6 Å². The van der Waals surface area contributed by atoms with Gasteiger partial charge < -0.3 is 4.74 Å². The smallest absolute Gasteiger partial charge is 0.380 e. The zero-order valence-electron chi connectivity index (χ0n) is 7.20. The van der Waals surface area contributed by atoms with Gasteiger partial charge in [-0.2, -0.15) is 26.3 Å². The molecule has 0 bridgehead atoms. The van der Waals surface area contributed by atoms with Crippen LogP contribution in [0.2, 0.25) is 0 Å². The van der Waals surface area contributed by atoms with E-state index in [-0.39, 0.29) is 0 Å². The summed E-state index contributed by atoms with van der Waals surface area (Å²) in [6.07, 6.45) is -11.2. The fraction of sp³-hybridized carbons (Fsp3) is 0.500. The number of halogens is 9. The third-order valence-electron chi connectivity index (χ3n) is 0.648. The van der Waals surface area contributed by atoms with Crippen molar-refractivity contribution in [2.45, 2.75) is 12.4 Å². The highest BCUT2D eigenvalue weighted by molar-refractivity contribution is 6.33. The van der Waals surface area contributed by atoms with Crippen LogP contribution in [0.3, 0.4) is 0 Å². The van der Waals surface area contributed by atoms with E-state index >= 15 is 0 Å². The van der Waals surface area contributed by atoms with E-state index in [0.717, 1.165) is 0 Å². The molecule has 100 valence electrons. The summed E-state index contributed by atoms with van der Waals surface area (Å²) < 4.78 is 98.7. The van der Waals surface area contributed by atoms with E-state index in [9.17, 15) is 48.9 Å². The zero-order valence-corrected chi connectivity index (χ0v) is 7.20. The van der Waals surface area contributed by atoms with Crippen LogP contribution < -0.4 is 0 Å². The first-order chi connectivity index (χ1) is 7.28. The molecule has 0 heterocycles. The van der Waals surface area contributed by atoms with Gasteiger partial charge in [-0.25, -0.2) is 9.59 Å². The Labute approximate surface area is 86.7 Å². The molecule has 0 unspecified atom stereocenters. The van der Waals surface area contributed by atoms with E-state index in [1.165, 1.54) is 0 Å². The average molecular weight is 278 g/mol. The molecule has 0 rings (SSSR count). The van der Waals surface area contributed by atoms with Gasteiger partial charge in [0.15, 0.2) is 0 Å². The van der Waals surface area contributed by atoms with E-state index in [4.69, 9.17) is 0 Å². The molecule has 0 aliphatic carbocycles. The number of esters is 2. The SMILES string of the molecule is FB(F)F.O=C(OC(=O)C(F)(F)F)C(F)(F)F. The second kappa shape index (κ2) is 6.34. The Hall–Kier alpha value is -1.43. The van der Waals surface area contributed by atoms with Gasteiger partial charge in [-0.1, -0.05) is 0 Å². The molecule has 0 aliphatic heterocycles. The highest BCUT2D eigenvalue weighted by atomic mass is 19.4. The molecular weight excluding hydrogens is 278 g/mol. The van der Waals surface area contributed by atoms with Crippen LogP contribution in [-0.2, 0) is 14.3 Å². The summed E-state index contributed by atoms with van der Waals surface area (Å²) in [6, 6.07) is 0. The lowest BCUT2D eigenvalue weighted by molar-refractivity contribution is -0.221. The van der Waals surface area contributed by atoms with Crippen LogP contribution >= 0.6 is 0 Å². The van der Waals surface area contributed by atoms with Crippen LogP contribution in [-0.4, -0.2) is 31.8 Å². The van der Waals surface area contributed by atoms with Crippen molar-refractivity contribution in [1.29, 1.82) is 0 Å². The molecule has 0 radical (unpaired) electrons. The molecule has 0 spiro atoms. The molecule has 0 fully saturated rings. The van der Waals surface area contributed by atoms with Gasteiger partial charge in [-0.3, -0.25) is 12.9 Å². The minimum absolute atomic E-state index is 2.45. The minimum atomic E-state index is -5.62. The van der Waals surface area contributed by atoms with Gasteiger partial charge in [-0.15, -0.1) is 0 Å². The Morgan fingerprint density at radius 2 is 0.941 bits per heavy atom. The number of rotatable bonds is 0. The Bertz CT molecular complexity index is 242. The second-order valence-electron chi connectivity index (χ2n) is 1.92. The molecule has 3 nitrogen and oxygen atoms in total. The van der Waals surface area contributed by atoms with Crippen molar-refractivity contribution in [2.75, 3.05) is 0 Å². The topological polar surface area (TPSA) is 43.4 Å². The zero-order chi connectivity index (χ0) is 14.4. The Balaban J connectivity index is 0. The van der Waals surface area contributed by atoms with Crippen molar-refractivity contribution in [3.05, 3.63) is 0 Å². The molecular formula is C4BF9O3. The highest BCUT2D eigenvalue weighted by Crippen LogP contribution is 2.21. The predicted molar refractivity (Wildman–Crippen MR) is 32.3 cm³/mol. The van der Waals surface area contributed by atoms with Crippen LogP contribution in [0.1, 0.15) is 0 Å². The van der Waals surface area contributed by atoms with Crippen molar-refractivity contribution >= 4 is 19.5 Å². The highest BCUT2D eigenvalue weighted by Gasteiger charge is 2.49. The van der Waals surface area contributed by atoms with Crippen LogP contribution in [0.4, 0.5) is 39.3 Å². The van der Waals surface area contributed by atoms with E-state index in [2.05, 4.69) is 4.74 Å². The summed E-state index contributed by atoms with van der Waals surface area (Å²) in [7, 11) is -3.67. The number of carbonyl (C=O) groups excluding carboxylic acids is 2. The maximum Gasteiger partial charge on any atom is 0.762 e. The van der Waals surface area contributed by atoms with E-state index in [1.54, 1.807) is 0 Å². The van der Waals surface area contributed by atoms with E-state index in [1.807, 2.05) is 0 Å². The molecule has 0 saturated carbocycles. The van der Waals surface area contributed by atoms with Gasteiger partial charge in [0.2, 0.25) is 0 Å². The van der Waals surface area contributed by atoms with Gasteiger partial charge in [-0.05, 0) is 0 Å². The third kappa shape index (κ3) is 10.8. The number of alkyl halides is 6. The largest absolute Gasteiger partial charge is 0.762 e. The maximum absolute atomic E-state index is 11.2. The van der Waals surface area contributed by atoms with Crippen LogP contribution in [0.5, 0.6) is 0 Å². The Kier molecular flexibility index (Phi) is 6.70. The molecule has 0 atom stereocenters. The quantitative estimate of drug-likeness (QED) is 0.295. The molecule has 13 heteroatoms. The summed E-state index contributed by atoms with van der Waals surface area (Å²) >= 11 is 0. The van der Waals surface area contributed by atoms with E-state index in [0.29, 0.717) is 0 Å². The van der Waals surface area contributed by atoms with Crippen LogP contribution in [0.15, 0.2) is 0 Å². The molecule has 0 aromatic heterocycles. The first-order valence-electron chi connectivity index (χ1n) is 3.11. The van der Waals surface area contributed by atoms with Crippen molar-refractivity contribution in [3.63, 3.8) is 0 Å². The summed E-state index contributed by atoms with van der Waals surface area (Å²) in [5, 5.41) is 0. The lowest BCUT2D eigenvalue weighted by atomic mass is 10.5. The number of hydrogen-bond donors (Lipinski definition) is 0. The van der Waals surface area contributed by atoms with Crippen molar-refractivity contribution in [3.8, 4) is 0 Å². The molecule has 0 aliphatic rings. The average Bonchev–Trinajstić information content (AvgIpc) is 1.98. The van der Waals surface area contributed by atoms with Gasteiger partial charge in [0.25, 0.3) is 0 Å². The van der Waals surface area contributed by atoms with Gasteiger partial charge in [0.1, 0.15) is 0 Å². The van der Waals surface area contributed by atoms with Crippen molar-refractivity contribution in [1.82, 2.24) is 0 Å². The van der Waals surface area contributed by atoms with E-state index < -0.39 is 31.8 Å². The minimum Gasteiger partial charge on any atom is -0.380 e. The third-order valence-corrected chi connectivity index (χ3v) is 0.648. The lowest BCUT2D eigenvalue weighted by Gasteiger charge is -2.06. The molecule has 0 aromatic rings. The molecule has 0 aromatic carbocycles. The number of ether oxygens (including phenoxy) is 1. The van der Waals surface area contributed by atoms with Gasteiger partial charge in [0.05, 0.1) is 0 Å². The standard InChI is InChI=1S/C4F6O3.BF3/c5-3(6,7)1(11)13-2(12)4(8,9)10;2-1(3)4. The van der Waals surface area contributed by atoms with Crippen LogP contribution in [0, 0.1) is 0 Å². The summed E-state index contributed by atoms with van der Waals surface area (Å²) in [5.41, 5.74) is 0. The summed E-state index contributed by atoms with van der Waals surface area (Å²) in [5.74, 6) is -6.40. The Morgan fingerprint density at radius 3 is 1.06 bits per heavy atom. The summed E-state index contributed by atoms with van der Waals surface area (Å²) in [6.45, 7) is 0. The predicted octanol–water partition coefficient (Wildman–Crippen LogP) is 2.06. The number of hydrogen-bond acceptors (Lipinski definition) is 3. The first kappa shape index (κ1) is 18.0. The second-order valence-corrected chi connectivity index (χ2v) is 1.92. The number of carbonyl (C=O) groups is 2. The maximum atomic E-state index is 11.2. The molecule has 0 amide bonds. The van der Waals surface area contributed by atoms with Gasteiger partial charge in [0, 0.05) is 0 Å². The lowest BCUT2D eigenvalue weighted by Crippen LogP contribution is -2.34. The molecule has 0 N–H and O–H groups in total. The summed E-state index contributed by atoms with van der Waals surface area (Å²) in [4.78, 5) is 19.3. The van der Waals surface area contributed by atoms with Crippen LogP contribution in [0.25, 0.3) is 0 Å².